The number of hydrogen-bond donors (Lipinski definition) is 3. The second-order valence-electron chi connectivity index (χ2n) is 6.62. The van der Waals surface area contributed by atoms with E-state index in [4.69, 9.17) is 4.42 Å². The Morgan fingerprint density at radius 3 is 3.04 bits per heavy atom. The summed E-state index contributed by atoms with van der Waals surface area (Å²) in [6.45, 7) is 0. The van der Waals surface area contributed by atoms with Crippen LogP contribution in [-0.4, -0.2) is 15.9 Å². The van der Waals surface area contributed by atoms with Crippen LogP contribution >= 0.6 is 0 Å². The topological polar surface area (TPSA) is 90.9 Å². The van der Waals surface area contributed by atoms with Crippen LogP contribution in [0.2, 0.25) is 0 Å². The van der Waals surface area contributed by atoms with E-state index < -0.39 is 0 Å². The van der Waals surface area contributed by atoms with Crippen molar-refractivity contribution in [2.75, 3.05) is 0 Å². The van der Waals surface area contributed by atoms with Gasteiger partial charge >= 0.3 is 5.69 Å². The number of aryl methyl sites for hydroxylation is 2. The molecule has 6 nitrogen and oxygen atoms in total. The minimum absolute atomic E-state index is 0.0789. The average molecular weight is 339 g/mol. The van der Waals surface area contributed by atoms with Gasteiger partial charge in [-0.2, -0.15) is 0 Å². The molecule has 1 aliphatic rings. The minimum Gasteiger partial charge on any atom is -0.469 e. The summed E-state index contributed by atoms with van der Waals surface area (Å²) < 4.78 is 5.46. The van der Waals surface area contributed by atoms with Crippen molar-refractivity contribution in [3.8, 4) is 0 Å². The Labute approximate surface area is 144 Å². The third-order valence-corrected chi connectivity index (χ3v) is 4.84. The lowest BCUT2D eigenvalue weighted by molar-refractivity contribution is -0.122. The first-order valence-electron chi connectivity index (χ1n) is 8.75. The smallest absolute Gasteiger partial charge is 0.323 e. The number of amides is 1. The molecule has 0 radical (unpaired) electrons. The molecule has 1 aromatic carbocycles. The van der Waals surface area contributed by atoms with Gasteiger partial charge in [0.25, 0.3) is 0 Å². The summed E-state index contributed by atoms with van der Waals surface area (Å²) in [4.78, 5) is 29.0. The number of carbonyl (C=O) groups is 1. The van der Waals surface area contributed by atoms with Gasteiger partial charge in [0.15, 0.2) is 0 Å². The highest BCUT2D eigenvalue weighted by molar-refractivity contribution is 5.77. The van der Waals surface area contributed by atoms with Crippen LogP contribution in [0.3, 0.4) is 0 Å². The molecule has 2 heterocycles. The number of aromatic nitrogens is 2. The third-order valence-electron chi connectivity index (χ3n) is 4.84. The maximum Gasteiger partial charge on any atom is 0.323 e. The van der Waals surface area contributed by atoms with Crippen LogP contribution in [0.1, 0.15) is 48.6 Å². The van der Waals surface area contributed by atoms with E-state index in [9.17, 15) is 9.59 Å². The molecule has 1 atom stereocenters. The van der Waals surface area contributed by atoms with Gasteiger partial charge in [0.1, 0.15) is 5.76 Å². The SMILES string of the molecule is O=C(CCCc1ccc2[nH]c(=O)[nH]c2c1)NC1CCCc2occc21. The fourth-order valence-electron chi connectivity index (χ4n) is 3.59. The number of aromatic amines is 2. The summed E-state index contributed by atoms with van der Waals surface area (Å²) in [5, 5.41) is 3.13. The molecule has 3 aromatic rings. The van der Waals surface area contributed by atoms with Gasteiger partial charge in [0, 0.05) is 18.4 Å². The first-order valence-corrected chi connectivity index (χ1v) is 8.75. The predicted octanol–water partition coefficient (Wildman–Crippen LogP) is 2.97. The fraction of sp³-hybridized carbons (Fsp3) is 0.368. The number of nitrogens with one attached hydrogen (secondary N) is 3. The van der Waals surface area contributed by atoms with Crippen LogP contribution in [0, 0.1) is 0 Å². The number of carbonyl (C=O) groups excluding carboxylic acids is 1. The van der Waals surface area contributed by atoms with Crippen LogP contribution in [0.4, 0.5) is 0 Å². The molecule has 0 spiro atoms. The summed E-state index contributed by atoms with van der Waals surface area (Å²) >= 11 is 0. The van der Waals surface area contributed by atoms with Crippen LogP contribution < -0.4 is 11.0 Å². The first-order chi connectivity index (χ1) is 12.2. The molecule has 1 aliphatic carbocycles. The van der Waals surface area contributed by atoms with Gasteiger partial charge in [-0.05, 0) is 49.4 Å². The molecule has 4 rings (SSSR count). The molecule has 25 heavy (non-hydrogen) atoms. The molecule has 0 aliphatic heterocycles. The van der Waals surface area contributed by atoms with Gasteiger partial charge in [-0.1, -0.05) is 6.07 Å². The Bertz CT molecular complexity index is 950. The van der Waals surface area contributed by atoms with E-state index in [1.807, 2.05) is 24.3 Å². The molecule has 2 aromatic heterocycles. The van der Waals surface area contributed by atoms with Gasteiger partial charge in [-0.15, -0.1) is 0 Å². The zero-order valence-electron chi connectivity index (χ0n) is 13.9. The second kappa shape index (κ2) is 6.63. The zero-order valence-corrected chi connectivity index (χ0v) is 13.9. The quantitative estimate of drug-likeness (QED) is 0.667. The van der Waals surface area contributed by atoms with E-state index >= 15 is 0 Å². The molecule has 6 heteroatoms. The molecule has 130 valence electrons. The lowest BCUT2D eigenvalue weighted by atomic mass is 9.93. The molecule has 0 bridgehead atoms. The monoisotopic (exact) mass is 339 g/mol. The van der Waals surface area contributed by atoms with E-state index in [0.717, 1.165) is 60.0 Å². The molecular weight excluding hydrogens is 318 g/mol. The molecule has 0 fully saturated rings. The number of rotatable bonds is 5. The highest BCUT2D eigenvalue weighted by Gasteiger charge is 2.23. The largest absolute Gasteiger partial charge is 0.469 e. The van der Waals surface area contributed by atoms with Gasteiger partial charge in [0.05, 0.1) is 23.3 Å². The van der Waals surface area contributed by atoms with E-state index in [0.29, 0.717) is 6.42 Å². The maximum atomic E-state index is 12.3. The lowest BCUT2D eigenvalue weighted by Crippen LogP contribution is -2.30. The minimum atomic E-state index is -0.197. The number of imidazole rings is 1. The van der Waals surface area contributed by atoms with Gasteiger partial charge < -0.3 is 19.7 Å². The number of hydrogen-bond acceptors (Lipinski definition) is 3. The number of furan rings is 1. The predicted molar refractivity (Wildman–Crippen MR) is 94.4 cm³/mol. The number of benzene rings is 1. The third kappa shape index (κ3) is 3.38. The fourth-order valence-corrected chi connectivity index (χ4v) is 3.59. The molecule has 3 N–H and O–H groups in total. The van der Waals surface area contributed by atoms with E-state index in [2.05, 4.69) is 15.3 Å². The van der Waals surface area contributed by atoms with E-state index in [1.54, 1.807) is 6.26 Å². The van der Waals surface area contributed by atoms with E-state index in [-0.39, 0.29) is 17.6 Å². The summed E-state index contributed by atoms with van der Waals surface area (Å²) in [7, 11) is 0. The second-order valence-corrected chi connectivity index (χ2v) is 6.62. The van der Waals surface area contributed by atoms with E-state index in [1.165, 1.54) is 0 Å². The summed E-state index contributed by atoms with van der Waals surface area (Å²) in [5.41, 5.74) is 3.66. The molecular formula is C19H21N3O3. The Morgan fingerprint density at radius 1 is 1.24 bits per heavy atom. The summed E-state index contributed by atoms with van der Waals surface area (Å²) in [6.07, 6.45) is 6.74. The normalized spacial score (nSPS) is 16.7. The van der Waals surface area contributed by atoms with Gasteiger partial charge in [-0.3, -0.25) is 4.79 Å². The Balaban J connectivity index is 1.31. The van der Waals surface area contributed by atoms with Crippen molar-refractivity contribution in [3.05, 3.63) is 57.9 Å². The van der Waals surface area contributed by atoms with Crippen LogP contribution in [-0.2, 0) is 17.6 Å². The summed E-state index contributed by atoms with van der Waals surface area (Å²) in [5.74, 6) is 1.08. The number of fused-ring (bicyclic) bond motifs is 2. The van der Waals surface area contributed by atoms with Crippen molar-refractivity contribution < 1.29 is 9.21 Å². The highest BCUT2D eigenvalue weighted by atomic mass is 16.3. The standard InChI is InChI=1S/C19H21N3O3/c23-18(20-14-4-2-5-17-13(14)9-10-25-17)6-1-3-12-7-8-15-16(11-12)22-19(24)21-15/h7-11,14H,1-6H2,(H,20,23)(H2,21,22,24). The number of H-pyrrole nitrogens is 2. The summed E-state index contributed by atoms with van der Waals surface area (Å²) in [6, 6.07) is 7.89. The van der Waals surface area contributed by atoms with Crippen LogP contribution in [0.5, 0.6) is 0 Å². The highest BCUT2D eigenvalue weighted by Crippen LogP contribution is 2.30. The van der Waals surface area contributed by atoms with Crippen LogP contribution in [0.15, 0.2) is 39.7 Å². The Morgan fingerprint density at radius 2 is 2.12 bits per heavy atom. The zero-order chi connectivity index (χ0) is 17.2. The molecule has 0 saturated heterocycles. The van der Waals surface area contributed by atoms with Crippen molar-refractivity contribution in [3.63, 3.8) is 0 Å². The molecule has 1 unspecified atom stereocenters. The molecule has 0 saturated carbocycles. The lowest BCUT2D eigenvalue weighted by Gasteiger charge is -2.22. The maximum absolute atomic E-state index is 12.3. The molecule has 1 amide bonds. The van der Waals surface area contributed by atoms with Gasteiger partial charge in [-0.25, -0.2) is 4.79 Å². The van der Waals surface area contributed by atoms with Crippen LogP contribution in [0.25, 0.3) is 11.0 Å². The van der Waals surface area contributed by atoms with Gasteiger partial charge in [0.2, 0.25) is 5.91 Å². The van der Waals surface area contributed by atoms with Crippen molar-refractivity contribution in [1.82, 2.24) is 15.3 Å². The Hall–Kier alpha value is -2.76. The van der Waals surface area contributed by atoms with Crippen molar-refractivity contribution in [1.29, 1.82) is 0 Å². The Kier molecular flexibility index (Phi) is 4.17. The van der Waals surface area contributed by atoms with Crippen molar-refractivity contribution in [2.24, 2.45) is 0 Å². The first kappa shape index (κ1) is 15.7. The van der Waals surface area contributed by atoms with Crippen molar-refractivity contribution in [2.45, 2.75) is 44.6 Å². The van der Waals surface area contributed by atoms with Crippen molar-refractivity contribution >= 4 is 16.9 Å². The average Bonchev–Trinajstić information content (AvgIpc) is 3.20.